The second-order valence-electron chi connectivity index (χ2n) is 5.57. The molecule has 0 saturated heterocycles. The molecule has 3 nitrogen and oxygen atoms in total. The van der Waals surface area contributed by atoms with Gasteiger partial charge in [-0.15, -0.1) is 0 Å². The Morgan fingerprint density at radius 3 is 0.636 bits per heavy atom. The summed E-state index contributed by atoms with van der Waals surface area (Å²) in [5.74, 6) is 0. The summed E-state index contributed by atoms with van der Waals surface area (Å²) < 4.78 is 7.58. The van der Waals surface area contributed by atoms with E-state index in [-0.39, 0.29) is 0 Å². The Kier molecular flexibility index (Phi) is 14.8. The topological polar surface area (TPSA) is 71.4 Å². The first kappa shape index (κ1) is 31.5. The number of rotatable bonds is 0. The van der Waals surface area contributed by atoms with Crippen LogP contribution in [0.2, 0.25) is 0 Å². The Balaban J connectivity index is 0.000000247. The van der Waals surface area contributed by atoms with E-state index in [1.54, 1.807) is 0 Å². The standard InChI is InChI=1S/3C7H2Br3N/c3*8-4-1-6(9)5(3-11)7(10)2-4/h3*1-2H. The van der Waals surface area contributed by atoms with Crippen LogP contribution < -0.4 is 0 Å². The van der Waals surface area contributed by atoms with Gasteiger partial charge in [0.05, 0.1) is 16.7 Å². The SMILES string of the molecule is N#Cc1c(Br)cc(Br)cc1Br.N#Cc1c(Br)cc(Br)cc1Br.N#Cc1c(Br)cc(Br)cc1Br. The Hall–Kier alpha value is 0.450. The van der Waals surface area contributed by atoms with Crippen molar-refractivity contribution in [3.63, 3.8) is 0 Å². The minimum absolute atomic E-state index is 0.619. The molecule has 0 saturated carbocycles. The molecule has 0 aliphatic rings. The monoisotopic (exact) mass is 1010 g/mol. The molecule has 0 aliphatic heterocycles. The van der Waals surface area contributed by atoms with Crippen molar-refractivity contribution in [2.75, 3.05) is 0 Å². The quantitative estimate of drug-likeness (QED) is 0.225. The highest BCUT2D eigenvalue weighted by molar-refractivity contribution is 9.12. The molecule has 3 aromatic carbocycles. The van der Waals surface area contributed by atoms with Gasteiger partial charge in [-0.25, -0.2) is 0 Å². The van der Waals surface area contributed by atoms with E-state index < -0.39 is 0 Å². The molecule has 0 aliphatic carbocycles. The summed E-state index contributed by atoms with van der Waals surface area (Å²) in [6, 6.07) is 17.2. The number of nitriles is 3. The summed E-state index contributed by atoms with van der Waals surface area (Å²) in [7, 11) is 0. The first-order valence-electron chi connectivity index (χ1n) is 8.09. The molecule has 168 valence electrons. The van der Waals surface area contributed by atoms with E-state index in [1.165, 1.54) is 0 Å². The summed E-state index contributed by atoms with van der Waals surface area (Å²) in [4.78, 5) is 0. The highest BCUT2D eigenvalue weighted by Gasteiger charge is 2.06. The number of halogens is 9. The van der Waals surface area contributed by atoms with Crippen molar-refractivity contribution >= 4 is 143 Å². The van der Waals surface area contributed by atoms with Gasteiger partial charge >= 0.3 is 0 Å². The lowest BCUT2D eigenvalue weighted by Crippen LogP contribution is -1.79. The molecular formula is C21H6Br9N3. The summed E-state index contributed by atoms with van der Waals surface area (Å²) in [5.41, 5.74) is 1.86. The Morgan fingerprint density at radius 2 is 0.515 bits per heavy atom. The zero-order chi connectivity index (χ0) is 25.3. The van der Waals surface area contributed by atoms with Gasteiger partial charge in [0.2, 0.25) is 0 Å². The third-order valence-electron chi connectivity index (χ3n) is 3.36. The van der Waals surface area contributed by atoms with Crippen molar-refractivity contribution < 1.29 is 0 Å². The van der Waals surface area contributed by atoms with Crippen molar-refractivity contribution in [1.29, 1.82) is 15.8 Å². The van der Waals surface area contributed by atoms with Crippen LogP contribution in [0.5, 0.6) is 0 Å². The maximum absolute atomic E-state index is 8.66. The maximum Gasteiger partial charge on any atom is 0.102 e. The van der Waals surface area contributed by atoms with Gasteiger partial charge in [-0.3, -0.25) is 0 Å². The average molecular weight is 1020 g/mol. The molecule has 0 fully saturated rings. The number of benzene rings is 3. The molecule has 33 heavy (non-hydrogen) atoms. The van der Waals surface area contributed by atoms with Crippen LogP contribution in [-0.2, 0) is 0 Å². The van der Waals surface area contributed by atoms with Crippen LogP contribution >= 0.6 is 143 Å². The third kappa shape index (κ3) is 10.1. The molecule has 0 N–H and O–H groups in total. The molecule has 3 aromatic rings. The molecule has 12 heteroatoms. The normalized spacial score (nSPS) is 9.27. The highest BCUT2D eigenvalue weighted by atomic mass is 79.9. The number of hydrogen-bond donors (Lipinski definition) is 0. The Morgan fingerprint density at radius 1 is 0.364 bits per heavy atom. The highest BCUT2D eigenvalue weighted by Crippen LogP contribution is 2.30. The molecule has 0 amide bonds. The lowest BCUT2D eigenvalue weighted by Gasteiger charge is -1.98. The van der Waals surface area contributed by atoms with Gasteiger partial charge in [-0.2, -0.15) is 15.8 Å². The van der Waals surface area contributed by atoms with Gasteiger partial charge in [-0.1, -0.05) is 47.8 Å². The van der Waals surface area contributed by atoms with Crippen LogP contribution in [0.3, 0.4) is 0 Å². The van der Waals surface area contributed by atoms with Gasteiger partial charge < -0.3 is 0 Å². The van der Waals surface area contributed by atoms with E-state index in [0.29, 0.717) is 16.7 Å². The fraction of sp³-hybridized carbons (Fsp3) is 0. The summed E-state index contributed by atoms with van der Waals surface area (Å²) >= 11 is 29.6. The van der Waals surface area contributed by atoms with Crippen LogP contribution in [0.1, 0.15) is 16.7 Å². The minimum Gasteiger partial charge on any atom is -0.192 e. The van der Waals surface area contributed by atoms with Crippen LogP contribution in [0.15, 0.2) is 76.7 Å². The summed E-state index contributed by atoms with van der Waals surface area (Å²) in [6.07, 6.45) is 0. The van der Waals surface area contributed by atoms with E-state index in [0.717, 1.165) is 40.3 Å². The van der Waals surface area contributed by atoms with Crippen LogP contribution in [-0.4, -0.2) is 0 Å². The molecule has 0 radical (unpaired) electrons. The van der Waals surface area contributed by atoms with Crippen molar-refractivity contribution in [2.24, 2.45) is 0 Å². The molecular weight excluding hydrogens is 1010 g/mol. The fourth-order valence-corrected chi connectivity index (χ4v) is 9.26. The first-order valence-corrected chi connectivity index (χ1v) is 15.2. The van der Waals surface area contributed by atoms with E-state index in [2.05, 4.69) is 162 Å². The number of hydrogen-bond acceptors (Lipinski definition) is 3. The van der Waals surface area contributed by atoms with Gasteiger partial charge in [0, 0.05) is 40.3 Å². The van der Waals surface area contributed by atoms with Gasteiger partial charge in [0.25, 0.3) is 0 Å². The minimum atomic E-state index is 0.619. The Labute approximate surface area is 267 Å². The molecule has 0 atom stereocenters. The molecule has 0 spiro atoms. The predicted octanol–water partition coefficient (Wildman–Crippen LogP) is 11.5. The molecule has 0 heterocycles. The lowest BCUT2D eigenvalue weighted by molar-refractivity contribution is 1.43. The van der Waals surface area contributed by atoms with E-state index in [4.69, 9.17) is 15.8 Å². The Bertz CT molecular complexity index is 1070. The van der Waals surface area contributed by atoms with Gasteiger partial charge in [0.15, 0.2) is 0 Å². The van der Waals surface area contributed by atoms with E-state index in [9.17, 15) is 0 Å². The predicted molar refractivity (Wildman–Crippen MR) is 163 cm³/mol. The fourth-order valence-electron chi connectivity index (χ4n) is 1.95. The summed E-state index contributed by atoms with van der Waals surface area (Å²) in [6.45, 7) is 0. The second kappa shape index (κ2) is 15.5. The molecule has 0 aromatic heterocycles. The van der Waals surface area contributed by atoms with Crippen molar-refractivity contribution in [1.82, 2.24) is 0 Å². The molecule has 3 rings (SSSR count). The lowest BCUT2D eigenvalue weighted by atomic mass is 10.2. The zero-order valence-corrected chi connectivity index (χ0v) is 30.0. The van der Waals surface area contributed by atoms with E-state index in [1.807, 2.05) is 36.4 Å². The van der Waals surface area contributed by atoms with Crippen molar-refractivity contribution in [3.8, 4) is 18.2 Å². The molecule has 0 bridgehead atoms. The number of nitrogens with zero attached hydrogens (tertiary/aromatic N) is 3. The van der Waals surface area contributed by atoms with Crippen molar-refractivity contribution in [3.05, 3.63) is 93.3 Å². The van der Waals surface area contributed by atoms with Crippen LogP contribution in [0, 0.1) is 34.0 Å². The average Bonchev–Trinajstić information content (AvgIpc) is 2.68. The van der Waals surface area contributed by atoms with Gasteiger partial charge in [-0.05, 0) is 132 Å². The van der Waals surface area contributed by atoms with Gasteiger partial charge in [0.1, 0.15) is 18.2 Å². The first-order chi connectivity index (χ1) is 15.4. The largest absolute Gasteiger partial charge is 0.192 e. The van der Waals surface area contributed by atoms with E-state index >= 15 is 0 Å². The smallest absolute Gasteiger partial charge is 0.102 e. The summed E-state index contributed by atoms with van der Waals surface area (Å²) in [5, 5.41) is 26.0. The zero-order valence-electron chi connectivity index (χ0n) is 15.7. The van der Waals surface area contributed by atoms with Crippen molar-refractivity contribution in [2.45, 2.75) is 0 Å². The maximum atomic E-state index is 8.66. The second-order valence-corrected chi connectivity index (χ2v) is 13.4. The van der Waals surface area contributed by atoms with Crippen LogP contribution in [0.25, 0.3) is 0 Å². The van der Waals surface area contributed by atoms with Crippen LogP contribution in [0.4, 0.5) is 0 Å². The molecule has 0 unspecified atom stereocenters. The third-order valence-corrected chi connectivity index (χ3v) is 8.48.